The van der Waals surface area contributed by atoms with E-state index in [9.17, 15) is 9.90 Å². The number of anilines is 1. The molecule has 2 heterocycles. The van der Waals surface area contributed by atoms with Crippen LogP contribution in [0.25, 0.3) is 0 Å². The van der Waals surface area contributed by atoms with Crippen molar-refractivity contribution in [3.8, 4) is 0 Å². The van der Waals surface area contributed by atoms with E-state index in [4.69, 9.17) is 14.9 Å². The van der Waals surface area contributed by atoms with Gasteiger partial charge in [-0.3, -0.25) is 0 Å². The molecule has 1 fully saturated rings. The number of rotatable bonds is 4. The number of aliphatic imine (C=N–C) groups is 1. The summed E-state index contributed by atoms with van der Waals surface area (Å²) < 4.78 is 10.7. The molecule has 0 radical (unpaired) electrons. The van der Waals surface area contributed by atoms with Gasteiger partial charge in [0, 0.05) is 0 Å². The second-order valence-electron chi connectivity index (χ2n) is 6.38. The van der Waals surface area contributed by atoms with Crippen LogP contribution in [0, 0.1) is 5.92 Å². The zero-order chi connectivity index (χ0) is 21.9. The number of guanidine groups is 1. The molecule has 0 bridgehead atoms. The minimum absolute atomic E-state index is 0.0102. The first kappa shape index (κ1) is 26.9. The Labute approximate surface area is 182 Å². The third-order valence-corrected chi connectivity index (χ3v) is 4.52. The van der Waals surface area contributed by atoms with Crippen LogP contribution in [-0.4, -0.2) is 88.7 Å². The van der Waals surface area contributed by atoms with Crippen LogP contribution in [-0.2, 0) is 4.74 Å². The van der Waals surface area contributed by atoms with Gasteiger partial charge in [0.15, 0.2) is 5.79 Å². The summed E-state index contributed by atoms with van der Waals surface area (Å²) in [5, 5.41) is 28.5. The molecule has 1 saturated heterocycles. The van der Waals surface area contributed by atoms with Crippen molar-refractivity contribution in [2.45, 2.75) is 59.2 Å². The van der Waals surface area contributed by atoms with E-state index in [0.29, 0.717) is 49.8 Å². The third kappa shape index (κ3) is 8.94. The van der Waals surface area contributed by atoms with Crippen molar-refractivity contribution < 1.29 is 24.9 Å². The monoisotopic (exact) mass is 591 g/mol. The van der Waals surface area contributed by atoms with E-state index in [1.807, 2.05) is 20.8 Å². The normalized spacial score (nSPS) is 21.7. The molecular weight excluding hydrogens is 559 g/mol. The number of aromatic nitrogens is 2. The Bertz CT molecular complexity index is 612. The third-order valence-electron chi connectivity index (χ3n) is 3.46. The molecule has 0 saturated carbocycles. The Hall–Kier alpha value is -1.09. The number of nitrogens with one attached hydrogen (secondary N) is 2. The van der Waals surface area contributed by atoms with Crippen LogP contribution in [0.5, 0.6) is 0 Å². The molecule has 0 spiro atoms. The first-order chi connectivity index (χ1) is 13.1. The molecule has 0 amide bonds. The number of carbonyl (C=O) groups is 1. The summed E-state index contributed by atoms with van der Waals surface area (Å²) in [5.74, 6) is -0.146. The van der Waals surface area contributed by atoms with Crippen LogP contribution >= 0.6 is 0 Å². The number of carbonyl (C=O) groups excluding carboxylic acids is 1. The van der Waals surface area contributed by atoms with Gasteiger partial charge in [-0.1, -0.05) is 13.8 Å². The van der Waals surface area contributed by atoms with E-state index in [0.717, 1.165) is 6.42 Å². The van der Waals surface area contributed by atoms with Gasteiger partial charge in [-0.25, -0.2) is 0 Å². The van der Waals surface area contributed by atoms with Gasteiger partial charge in [0.2, 0.25) is 0 Å². The first-order valence-electron chi connectivity index (χ1n) is 9.08. The zero-order valence-corrected chi connectivity index (χ0v) is 21.9. The Morgan fingerprint density at radius 2 is 2.07 bits per heavy atom. The molecule has 5 N–H and O–H groups in total. The minimum atomic E-state index is -1.50. The molecule has 28 heavy (non-hydrogen) atoms. The van der Waals surface area contributed by atoms with Gasteiger partial charge >= 0.3 is 139 Å². The summed E-state index contributed by atoms with van der Waals surface area (Å²) in [6.45, 7) is 8.63. The predicted molar refractivity (Wildman–Crippen MR) is 108 cm³/mol. The van der Waals surface area contributed by atoms with E-state index in [-0.39, 0.29) is 24.9 Å². The van der Waals surface area contributed by atoms with Gasteiger partial charge in [-0.15, -0.1) is 0 Å². The van der Waals surface area contributed by atoms with Gasteiger partial charge in [0.1, 0.15) is 0 Å². The standard InChI is InChI=1S/C12H19N5O3.C3H8O2.C2H6.Tl/c1-7-3-8(4-18)20-11(7)17-6-15-9(5-19)10(17)16-12(13)14-2;1-3(2,4)5;1-2;/h5-8,11,18H,3-4H2,1-2H3,(H3,13,14,16,19);4-5H,1-2H3;1-2H3;/q;;;+1/p-1. The summed E-state index contributed by atoms with van der Waals surface area (Å²) in [5.41, 5.74) is 0.305. The SMILES string of the molecule is CC.CC(C)(O)O.CN=C([NH][Tl])Nc1c(C=O)ncn1C1OC(CO)CC1C. The van der Waals surface area contributed by atoms with Crippen molar-refractivity contribution in [2.24, 2.45) is 10.9 Å². The summed E-state index contributed by atoms with van der Waals surface area (Å²) in [4.78, 5) is 19.3. The van der Waals surface area contributed by atoms with Crippen LogP contribution in [0.1, 0.15) is 57.8 Å². The number of hydrogen-bond donors (Lipinski definition) is 5. The number of aldehydes is 1. The molecule has 3 unspecified atom stereocenters. The van der Waals surface area contributed by atoms with Crippen molar-refractivity contribution >= 4 is 44.1 Å². The van der Waals surface area contributed by atoms with Gasteiger partial charge in [0.05, 0.1) is 0 Å². The van der Waals surface area contributed by atoms with Crippen molar-refractivity contribution in [1.82, 2.24) is 12.7 Å². The van der Waals surface area contributed by atoms with Crippen LogP contribution in [0.4, 0.5) is 5.82 Å². The fourth-order valence-corrected chi connectivity index (χ4v) is 3.21. The molecular formula is C17H32N5O5Tl. The fraction of sp³-hybridized carbons (Fsp3) is 0.706. The molecule has 0 aliphatic carbocycles. The number of ether oxygens (including phenoxy) is 1. The van der Waals surface area contributed by atoms with Crippen molar-refractivity contribution in [3.05, 3.63) is 12.0 Å². The topological polar surface area (TPSA) is 141 Å². The molecule has 1 aromatic rings. The van der Waals surface area contributed by atoms with Crippen LogP contribution in [0.2, 0.25) is 0 Å². The summed E-state index contributed by atoms with van der Waals surface area (Å²) in [6, 6.07) is 0. The number of aliphatic hydroxyl groups excluding tert-OH is 1. The second kappa shape index (κ2) is 13.2. The maximum atomic E-state index is 11.2. The van der Waals surface area contributed by atoms with Crippen LogP contribution < -0.4 is 8.44 Å². The summed E-state index contributed by atoms with van der Waals surface area (Å²) in [7, 11) is 1.66. The number of imidazole rings is 1. The molecule has 10 nitrogen and oxygen atoms in total. The molecule has 158 valence electrons. The molecule has 1 aliphatic rings. The average molecular weight is 591 g/mol. The predicted octanol–water partition coefficient (Wildman–Crippen LogP) is 0.416. The quantitative estimate of drug-likeness (QED) is 0.112. The molecule has 2 rings (SSSR count). The first-order valence-corrected chi connectivity index (χ1v) is 11.3. The zero-order valence-electron chi connectivity index (χ0n) is 17.4. The van der Waals surface area contributed by atoms with Gasteiger partial charge in [0.25, 0.3) is 0 Å². The van der Waals surface area contributed by atoms with Crippen molar-refractivity contribution in [3.63, 3.8) is 0 Å². The average Bonchev–Trinajstić information content (AvgIpc) is 3.22. The Kier molecular flexibility index (Phi) is 12.7. The summed E-state index contributed by atoms with van der Waals surface area (Å²) in [6.07, 6.45) is 2.60. The molecule has 11 heteroatoms. The van der Waals surface area contributed by atoms with Crippen molar-refractivity contribution in [2.75, 3.05) is 19.0 Å². The van der Waals surface area contributed by atoms with Crippen molar-refractivity contribution in [1.29, 1.82) is 0 Å². The van der Waals surface area contributed by atoms with E-state index < -0.39 is 5.79 Å². The van der Waals surface area contributed by atoms with E-state index in [1.165, 1.54) is 13.8 Å². The van der Waals surface area contributed by atoms with Gasteiger partial charge in [-0.2, -0.15) is 0 Å². The molecule has 1 aromatic heterocycles. The van der Waals surface area contributed by atoms with Crippen LogP contribution in [0.3, 0.4) is 0 Å². The van der Waals surface area contributed by atoms with Gasteiger partial charge in [-0.05, 0) is 13.8 Å². The number of hydrogen-bond acceptors (Lipinski definition) is 7. The Balaban J connectivity index is 0.000000906. The fourth-order valence-electron chi connectivity index (χ4n) is 2.43. The maximum absolute atomic E-state index is 11.2. The van der Waals surface area contributed by atoms with E-state index in [1.54, 1.807) is 17.9 Å². The molecule has 0 aromatic carbocycles. The van der Waals surface area contributed by atoms with Gasteiger partial charge < -0.3 is 10.2 Å². The second-order valence-corrected chi connectivity index (χ2v) is 7.51. The van der Waals surface area contributed by atoms with E-state index >= 15 is 0 Å². The molecule has 1 aliphatic heterocycles. The number of nitrogens with zero attached hydrogens (tertiary/aromatic N) is 3. The Morgan fingerprint density at radius 1 is 1.50 bits per heavy atom. The van der Waals surface area contributed by atoms with Crippen LogP contribution in [0.15, 0.2) is 11.3 Å². The summed E-state index contributed by atoms with van der Waals surface area (Å²) >= 11 is 0.526. The van der Waals surface area contributed by atoms with E-state index in [2.05, 4.69) is 18.4 Å². The Morgan fingerprint density at radius 3 is 2.46 bits per heavy atom. The molecule has 3 atom stereocenters. The number of aliphatic hydroxyl groups is 3.